The normalized spacial score (nSPS) is 21.0. The van der Waals surface area contributed by atoms with Crippen molar-refractivity contribution in [3.05, 3.63) is 35.5 Å². The molecule has 36 heavy (non-hydrogen) atoms. The molecule has 3 aliphatic rings. The number of rotatable bonds is 3. The van der Waals surface area contributed by atoms with Crippen LogP contribution in [-0.2, 0) is 20.9 Å². The maximum atomic E-state index is 12.9. The fraction of sp³-hybridized carbons (Fsp3) is 0.520. The zero-order valence-electron chi connectivity index (χ0n) is 20.7. The summed E-state index contributed by atoms with van der Waals surface area (Å²) in [6.07, 6.45) is 3.66. The molecule has 1 aromatic carbocycles. The van der Waals surface area contributed by atoms with Gasteiger partial charge >= 0.3 is 6.09 Å². The summed E-state index contributed by atoms with van der Waals surface area (Å²) in [5.74, 6) is -0.930. The van der Waals surface area contributed by atoms with Crippen molar-refractivity contribution in [2.75, 3.05) is 13.1 Å². The molecule has 190 valence electrons. The van der Waals surface area contributed by atoms with Crippen LogP contribution in [0.3, 0.4) is 0 Å². The lowest BCUT2D eigenvalue weighted by molar-refractivity contribution is -0.136. The van der Waals surface area contributed by atoms with Crippen molar-refractivity contribution in [2.45, 2.75) is 70.7 Å². The van der Waals surface area contributed by atoms with Gasteiger partial charge in [0, 0.05) is 37.2 Å². The van der Waals surface area contributed by atoms with Crippen LogP contribution in [0.1, 0.15) is 68.4 Å². The molecule has 11 heteroatoms. The monoisotopic (exact) mass is 494 g/mol. The summed E-state index contributed by atoms with van der Waals surface area (Å²) in [5, 5.41) is 11.0. The van der Waals surface area contributed by atoms with E-state index in [0.29, 0.717) is 37.3 Å². The summed E-state index contributed by atoms with van der Waals surface area (Å²) in [4.78, 5) is 52.3. The average Bonchev–Trinajstić information content (AvgIpc) is 3.43. The van der Waals surface area contributed by atoms with Gasteiger partial charge in [0.25, 0.3) is 5.91 Å². The molecule has 0 aliphatic carbocycles. The fourth-order valence-corrected chi connectivity index (χ4v) is 4.96. The van der Waals surface area contributed by atoms with Crippen LogP contribution in [0.5, 0.6) is 0 Å². The lowest BCUT2D eigenvalue weighted by Crippen LogP contribution is -2.52. The number of hydrogen-bond donors (Lipinski definition) is 1. The summed E-state index contributed by atoms with van der Waals surface area (Å²) in [5.41, 5.74) is 2.39. The third-order valence-corrected chi connectivity index (χ3v) is 6.82. The number of amides is 4. The second kappa shape index (κ2) is 9.03. The maximum absolute atomic E-state index is 12.9. The van der Waals surface area contributed by atoms with Gasteiger partial charge in [-0.25, -0.2) is 9.48 Å². The maximum Gasteiger partial charge on any atom is 0.410 e. The molecule has 1 atom stereocenters. The van der Waals surface area contributed by atoms with Gasteiger partial charge in [0.05, 0.1) is 12.2 Å². The van der Waals surface area contributed by atoms with Crippen molar-refractivity contribution < 1.29 is 23.9 Å². The van der Waals surface area contributed by atoms with Crippen LogP contribution in [-0.4, -0.2) is 73.3 Å². The SMILES string of the molecule is CC(C)(C)OC(=O)N1CCC(n2cc(-c3ccc4c(c3)CN(C3CCC(=O)NC3=O)C4=O)nn2)CC1. The van der Waals surface area contributed by atoms with Gasteiger partial charge in [0.1, 0.15) is 17.3 Å². The molecule has 1 aromatic heterocycles. The molecule has 4 heterocycles. The number of nitrogens with one attached hydrogen (secondary N) is 1. The molecule has 0 spiro atoms. The van der Waals surface area contributed by atoms with Crippen LogP contribution >= 0.6 is 0 Å². The zero-order valence-corrected chi connectivity index (χ0v) is 20.7. The van der Waals surface area contributed by atoms with Gasteiger partial charge in [-0.2, -0.15) is 0 Å². The van der Waals surface area contributed by atoms with Crippen molar-refractivity contribution in [3.63, 3.8) is 0 Å². The molecule has 5 rings (SSSR count). The third-order valence-electron chi connectivity index (χ3n) is 6.82. The van der Waals surface area contributed by atoms with Crippen molar-refractivity contribution >= 4 is 23.8 Å². The van der Waals surface area contributed by atoms with Gasteiger partial charge in [-0.3, -0.25) is 19.7 Å². The first-order valence-electron chi connectivity index (χ1n) is 12.3. The molecule has 2 fully saturated rings. The number of carbonyl (C=O) groups is 4. The quantitative estimate of drug-likeness (QED) is 0.649. The Hall–Kier alpha value is -3.76. The van der Waals surface area contributed by atoms with E-state index in [0.717, 1.165) is 24.0 Å². The molecule has 1 unspecified atom stereocenters. The zero-order chi connectivity index (χ0) is 25.6. The van der Waals surface area contributed by atoms with Crippen LogP contribution in [0.2, 0.25) is 0 Å². The van der Waals surface area contributed by atoms with Crippen molar-refractivity contribution in [3.8, 4) is 11.3 Å². The summed E-state index contributed by atoms with van der Waals surface area (Å²) in [7, 11) is 0. The standard InChI is InChI=1S/C25H30N6O5/c1-25(2,3)36-24(35)29-10-8-17(9-11-29)31-14-19(27-28-31)15-4-5-18-16(12-15)13-30(23(18)34)20-6-7-21(32)26-22(20)33/h4-5,12,14,17,20H,6-11,13H2,1-3H3,(H,26,32,33). The van der Waals surface area contributed by atoms with Gasteiger partial charge in [-0.15, -0.1) is 5.10 Å². The van der Waals surface area contributed by atoms with Crippen LogP contribution in [0.15, 0.2) is 24.4 Å². The Kier molecular flexibility index (Phi) is 6.01. The molecule has 2 aromatic rings. The summed E-state index contributed by atoms with van der Waals surface area (Å²) in [6.45, 7) is 7.06. The number of aromatic nitrogens is 3. The van der Waals surface area contributed by atoms with Crippen molar-refractivity contribution in [1.82, 2.24) is 30.1 Å². The van der Waals surface area contributed by atoms with Crippen LogP contribution in [0.25, 0.3) is 11.3 Å². The highest BCUT2D eigenvalue weighted by molar-refractivity contribution is 6.05. The molecule has 0 saturated carbocycles. The number of imide groups is 1. The molecule has 2 saturated heterocycles. The lowest BCUT2D eigenvalue weighted by Gasteiger charge is -2.33. The molecule has 4 amide bonds. The second-order valence-corrected chi connectivity index (χ2v) is 10.6. The first-order valence-corrected chi connectivity index (χ1v) is 12.3. The Balaban J connectivity index is 1.24. The molecule has 11 nitrogen and oxygen atoms in total. The molecule has 0 bridgehead atoms. The number of hydrogen-bond acceptors (Lipinski definition) is 7. The Morgan fingerprint density at radius 1 is 1.11 bits per heavy atom. The van der Waals surface area contributed by atoms with E-state index in [-0.39, 0.29) is 30.4 Å². The number of nitrogens with zero attached hydrogens (tertiary/aromatic N) is 5. The second-order valence-electron chi connectivity index (χ2n) is 10.6. The van der Waals surface area contributed by atoms with Gasteiger partial charge in [0.15, 0.2) is 0 Å². The minimum absolute atomic E-state index is 0.129. The number of carbonyl (C=O) groups excluding carboxylic acids is 4. The van der Waals surface area contributed by atoms with Crippen LogP contribution in [0.4, 0.5) is 4.79 Å². The van der Waals surface area contributed by atoms with E-state index in [4.69, 9.17) is 4.74 Å². The lowest BCUT2D eigenvalue weighted by atomic mass is 10.0. The summed E-state index contributed by atoms with van der Waals surface area (Å²) < 4.78 is 7.31. The van der Waals surface area contributed by atoms with Gasteiger partial charge < -0.3 is 14.5 Å². The highest BCUT2D eigenvalue weighted by Gasteiger charge is 2.39. The Labute approximate surface area is 208 Å². The third kappa shape index (κ3) is 4.69. The Morgan fingerprint density at radius 3 is 2.56 bits per heavy atom. The summed E-state index contributed by atoms with van der Waals surface area (Å²) in [6, 6.07) is 5.00. The van der Waals surface area contributed by atoms with Crippen LogP contribution in [0, 0.1) is 0 Å². The van der Waals surface area contributed by atoms with E-state index in [2.05, 4.69) is 15.6 Å². The predicted molar refractivity (Wildman–Crippen MR) is 128 cm³/mol. The first kappa shape index (κ1) is 24.0. The minimum Gasteiger partial charge on any atom is -0.444 e. The van der Waals surface area contributed by atoms with Gasteiger partial charge in [-0.1, -0.05) is 11.3 Å². The number of benzene rings is 1. The molecule has 1 N–H and O–H groups in total. The minimum atomic E-state index is -0.640. The number of fused-ring (bicyclic) bond motifs is 1. The van der Waals surface area contributed by atoms with E-state index < -0.39 is 17.6 Å². The number of likely N-dealkylation sites (tertiary alicyclic amines) is 1. The Bertz CT molecular complexity index is 1220. The highest BCUT2D eigenvalue weighted by atomic mass is 16.6. The van der Waals surface area contributed by atoms with Gasteiger partial charge in [0.2, 0.25) is 11.8 Å². The Morgan fingerprint density at radius 2 is 1.86 bits per heavy atom. The molecule has 3 aliphatic heterocycles. The van der Waals surface area contributed by atoms with E-state index >= 15 is 0 Å². The molecule has 0 radical (unpaired) electrons. The average molecular weight is 495 g/mol. The van der Waals surface area contributed by atoms with E-state index in [1.54, 1.807) is 11.0 Å². The number of piperidine rings is 2. The fourth-order valence-electron chi connectivity index (χ4n) is 4.96. The predicted octanol–water partition coefficient (Wildman–Crippen LogP) is 2.28. The summed E-state index contributed by atoms with van der Waals surface area (Å²) >= 11 is 0. The molecular weight excluding hydrogens is 464 g/mol. The van der Waals surface area contributed by atoms with E-state index in [9.17, 15) is 19.2 Å². The topological polar surface area (TPSA) is 127 Å². The molecular formula is C25H30N6O5. The smallest absolute Gasteiger partial charge is 0.410 e. The van der Waals surface area contributed by atoms with Crippen LogP contribution < -0.4 is 5.32 Å². The number of ether oxygens (including phenoxy) is 1. The van der Waals surface area contributed by atoms with E-state index in [1.165, 1.54) is 4.90 Å². The van der Waals surface area contributed by atoms with Gasteiger partial charge in [-0.05, 0) is 57.7 Å². The van der Waals surface area contributed by atoms with Crippen molar-refractivity contribution in [1.29, 1.82) is 0 Å². The first-order chi connectivity index (χ1) is 17.1. The van der Waals surface area contributed by atoms with E-state index in [1.807, 2.05) is 43.8 Å². The largest absolute Gasteiger partial charge is 0.444 e. The van der Waals surface area contributed by atoms with Crippen molar-refractivity contribution in [2.24, 2.45) is 0 Å². The highest BCUT2D eigenvalue weighted by Crippen LogP contribution is 2.31.